The Morgan fingerprint density at radius 2 is 1.80 bits per heavy atom. The Morgan fingerprint density at radius 3 is 2.57 bits per heavy atom. The molecule has 7 nitrogen and oxygen atoms in total. The Morgan fingerprint density at radius 1 is 1.03 bits per heavy atom. The van der Waals surface area contributed by atoms with Gasteiger partial charge in [0.05, 0.1) is 29.9 Å². The molecule has 0 saturated carbocycles. The van der Waals surface area contributed by atoms with Crippen LogP contribution in [0.3, 0.4) is 0 Å². The monoisotopic (exact) mass is 402 g/mol. The fourth-order valence-corrected chi connectivity index (χ4v) is 3.32. The minimum atomic E-state index is -0.386. The van der Waals surface area contributed by atoms with E-state index in [1.54, 1.807) is 30.5 Å². The number of hydrogen-bond acceptors (Lipinski definition) is 4. The van der Waals surface area contributed by atoms with Gasteiger partial charge in [-0.2, -0.15) is 0 Å². The third kappa shape index (κ3) is 4.25. The van der Waals surface area contributed by atoms with Crippen molar-refractivity contribution in [3.8, 4) is 0 Å². The smallest absolute Gasteiger partial charge is 0.251 e. The number of hydrogen-bond donors (Lipinski definition) is 2. The lowest BCUT2D eigenvalue weighted by molar-refractivity contribution is -0.121. The molecule has 2 heterocycles. The molecule has 152 valence electrons. The molecule has 1 atom stereocenters. The highest BCUT2D eigenvalue weighted by molar-refractivity contribution is 5.94. The Hall–Kier alpha value is -3.87. The second kappa shape index (κ2) is 8.65. The summed E-state index contributed by atoms with van der Waals surface area (Å²) in [6, 6.07) is 19.8. The number of carbonyl (C=O) groups is 2. The number of rotatable bonds is 7. The highest BCUT2D eigenvalue weighted by atomic mass is 16.3. The highest BCUT2D eigenvalue weighted by Crippen LogP contribution is 2.21. The number of imidazole rings is 1. The lowest BCUT2D eigenvalue weighted by Gasteiger charge is -2.16. The van der Waals surface area contributed by atoms with E-state index in [1.165, 1.54) is 0 Å². The summed E-state index contributed by atoms with van der Waals surface area (Å²) in [7, 11) is 0. The van der Waals surface area contributed by atoms with Crippen molar-refractivity contribution in [2.75, 3.05) is 0 Å². The number of fused-ring (bicyclic) bond motifs is 1. The summed E-state index contributed by atoms with van der Waals surface area (Å²) in [5, 5.41) is 5.82. The predicted molar refractivity (Wildman–Crippen MR) is 113 cm³/mol. The standard InChI is InChI=1S/C23H22N4O3/c1-16(25-23(29)17-8-3-2-4-9-17)22-26-19-11-5-6-12-20(19)27(22)15-21(28)24-14-18-10-7-13-30-18/h2-13,16H,14-15H2,1H3,(H,24,28)(H,25,29)/t16-/m1/s1. The van der Waals surface area contributed by atoms with Crippen LogP contribution >= 0.6 is 0 Å². The SMILES string of the molecule is C[C@@H](NC(=O)c1ccccc1)c1nc2ccccc2n1CC(=O)NCc1ccco1. The van der Waals surface area contributed by atoms with Gasteiger partial charge in [0.15, 0.2) is 0 Å². The minimum absolute atomic E-state index is 0.0854. The van der Waals surface area contributed by atoms with Crippen molar-refractivity contribution in [2.45, 2.75) is 26.1 Å². The van der Waals surface area contributed by atoms with Crippen LogP contribution in [0, 0.1) is 0 Å². The van der Waals surface area contributed by atoms with E-state index in [4.69, 9.17) is 4.42 Å². The van der Waals surface area contributed by atoms with Crippen LogP contribution in [0.25, 0.3) is 11.0 Å². The number of nitrogens with zero attached hydrogens (tertiary/aromatic N) is 2. The van der Waals surface area contributed by atoms with Crippen LogP contribution in [-0.2, 0) is 17.9 Å². The maximum atomic E-state index is 12.6. The summed E-state index contributed by atoms with van der Waals surface area (Å²) >= 11 is 0. The van der Waals surface area contributed by atoms with Crippen molar-refractivity contribution < 1.29 is 14.0 Å². The first-order valence-electron chi connectivity index (χ1n) is 9.72. The molecule has 2 aromatic carbocycles. The third-order valence-electron chi connectivity index (χ3n) is 4.80. The van der Waals surface area contributed by atoms with E-state index in [0.717, 1.165) is 11.0 Å². The lowest BCUT2D eigenvalue weighted by atomic mass is 10.2. The van der Waals surface area contributed by atoms with Gasteiger partial charge in [-0.3, -0.25) is 9.59 Å². The van der Waals surface area contributed by atoms with Crippen molar-refractivity contribution >= 4 is 22.8 Å². The van der Waals surface area contributed by atoms with Gasteiger partial charge in [0, 0.05) is 5.56 Å². The Balaban J connectivity index is 1.55. The number of furan rings is 1. The second-order valence-corrected chi connectivity index (χ2v) is 6.96. The van der Waals surface area contributed by atoms with Gasteiger partial charge in [0.25, 0.3) is 5.91 Å². The van der Waals surface area contributed by atoms with Gasteiger partial charge in [-0.25, -0.2) is 4.98 Å². The molecule has 0 spiro atoms. The molecule has 0 bridgehead atoms. The second-order valence-electron chi connectivity index (χ2n) is 6.96. The molecule has 0 unspecified atom stereocenters. The molecular weight excluding hydrogens is 380 g/mol. The van der Waals surface area contributed by atoms with Crippen LogP contribution in [0.2, 0.25) is 0 Å². The summed E-state index contributed by atoms with van der Waals surface area (Å²) < 4.78 is 7.09. The molecule has 2 amide bonds. The van der Waals surface area contributed by atoms with E-state index < -0.39 is 0 Å². The van der Waals surface area contributed by atoms with E-state index in [9.17, 15) is 9.59 Å². The molecule has 0 radical (unpaired) electrons. The van der Waals surface area contributed by atoms with E-state index >= 15 is 0 Å². The van der Waals surface area contributed by atoms with E-state index in [0.29, 0.717) is 23.7 Å². The number of nitrogens with one attached hydrogen (secondary N) is 2. The van der Waals surface area contributed by atoms with Crippen LogP contribution in [0.5, 0.6) is 0 Å². The molecular formula is C23H22N4O3. The van der Waals surface area contributed by atoms with E-state index in [1.807, 2.05) is 54.0 Å². The normalized spacial score (nSPS) is 11.9. The molecule has 0 fully saturated rings. The number of para-hydroxylation sites is 2. The zero-order chi connectivity index (χ0) is 20.9. The zero-order valence-corrected chi connectivity index (χ0v) is 16.5. The lowest BCUT2D eigenvalue weighted by Crippen LogP contribution is -2.31. The molecule has 7 heteroatoms. The predicted octanol–water partition coefficient (Wildman–Crippen LogP) is 3.44. The largest absolute Gasteiger partial charge is 0.467 e. The fraction of sp³-hybridized carbons (Fsp3) is 0.174. The Labute approximate surface area is 173 Å². The summed E-state index contributed by atoms with van der Waals surface area (Å²) in [6.45, 7) is 2.26. The van der Waals surface area contributed by atoms with Gasteiger partial charge in [0.2, 0.25) is 5.91 Å². The molecule has 2 aromatic heterocycles. The van der Waals surface area contributed by atoms with Crippen LogP contribution in [-0.4, -0.2) is 21.4 Å². The molecule has 0 aliphatic carbocycles. The molecule has 30 heavy (non-hydrogen) atoms. The summed E-state index contributed by atoms with van der Waals surface area (Å²) in [5.41, 5.74) is 2.18. The average molecular weight is 402 g/mol. The molecule has 4 aromatic rings. The van der Waals surface area contributed by atoms with Gasteiger partial charge in [-0.1, -0.05) is 30.3 Å². The minimum Gasteiger partial charge on any atom is -0.467 e. The molecule has 0 aliphatic heterocycles. The first kappa shape index (κ1) is 19.4. The number of amides is 2. The first-order chi connectivity index (χ1) is 14.6. The van der Waals surface area contributed by atoms with E-state index in [-0.39, 0.29) is 24.4 Å². The van der Waals surface area contributed by atoms with Crippen molar-refractivity contribution in [2.24, 2.45) is 0 Å². The summed E-state index contributed by atoms with van der Waals surface area (Å²) in [4.78, 5) is 29.8. The highest BCUT2D eigenvalue weighted by Gasteiger charge is 2.20. The summed E-state index contributed by atoms with van der Waals surface area (Å²) in [6.07, 6.45) is 1.57. The van der Waals surface area contributed by atoms with Crippen molar-refractivity contribution in [3.05, 3.63) is 90.1 Å². The number of benzene rings is 2. The first-order valence-corrected chi connectivity index (χ1v) is 9.72. The number of aromatic nitrogens is 2. The van der Waals surface area contributed by atoms with Gasteiger partial charge in [-0.05, 0) is 43.3 Å². The van der Waals surface area contributed by atoms with Crippen molar-refractivity contribution in [1.82, 2.24) is 20.2 Å². The van der Waals surface area contributed by atoms with Gasteiger partial charge < -0.3 is 19.6 Å². The Kier molecular flexibility index (Phi) is 5.61. The maximum absolute atomic E-state index is 12.6. The van der Waals surface area contributed by atoms with Crippen molar-refractivity contribution in [3.63, 3.8) is 0 Å². The maximum Gasteiger partial charge on any atom is 0.251 e. The van der Waals surface area contributed by atoms with Gasteiger partial charge >= 0.3 is 0 Å². The molecule has 0 aliphatic rings. The van der Waals surface area contributed by atoms with Gasteiger partial charge in [-0.15, -0.1) is 0 Å². The quantitative estimate of drug-likeness (QED) is 0.496. The Bertz CT molecular complexity index is 1150. The van der Waals surface area contributed by atoms with Crippen LogP contribution in [0.15, 0.2) is 77.4 Å². The van der Waals surface area contributed by atoms with Gasteiger partial charge in [0.1, 0.15) is 18.1 Å². The zero-order valence-electron chi connectivity index (χ0n) is 16.5. The molecule has 0 saturated heterocycles. The topological polar surface area (TPSA) is 89.2 Å². The van der Waals surface area contributed by atoms with E-state index in [2.05, 4.69) is 15.6 Å². The molecule has 2 N–H and O–H groups in total. The summed E-state index contributed by atoms with van der Waals surface area (Å²) in [5.74, 6) is 0.942. The average Bonchev–Trinajstić information content (AvgIpc) is 3.41. The number of carbonyl (C=O) groups excluding carboxylic acids is 2. The molecule has 4 rings (SSSR count). The van der Waals surface area contributed by atoms with Crippen LogP contribution in [0.1, 0.15) is 34.9 Å². The van der Waals surface area contributed by atoms with Crippen molar-refractivity contribution in [1.29, 1.82) is 0 Å². The third-order valence-corrected chi connectivity index (χ3v) is 4.80. The fourth-order valence-electron chi connectivity index (χ4n) is 3.32. The van der Waals surface area contributed by atoms with Crippen LogP contribution in [0.4, 0.5) is 0 Å². The van der Waals surface area contributed by atoms with Crippen LogP contribution < -0.4 is 10.6 Å².